The van der Waals surface area contributed by atoms with E-state index in [-0.39, 0.29) is 6.04 Å². The number of thioether (sulfide) groups is 1. The average Bonchev–Trinajstić information content (AvgIpc) is 2.85. The molecule has 0 bridgehead atoms. The molecule has 3 rings (SSSR count). The molecule has 2 unspecified atom stereocenters. The first kappa shape index (κ1) is 11.6. The van der Waals surface area contributed by atoms with E-state index < -0.39 is 0 Å². The van der Waals surface area contributed by atoms with E-state index in [0.717, 1.165) is 11.3 Å². The van der Waals surface area contributed by atoms with Crippen LogP contribution in [0.25, 0.3) is 0 Å². The maximum absolute atomic E-state index is 5.73. The first-order chi connectivity index (χ1) is 8.90. The zero-order chi connectivity index (χ0) is 12.4. The van der Waals surface area contributed by atoms with E-state index in [1.807, 2.05) is 24.2 Å². The minimum atomic E-state index is 0.0577. The van der Waals surface area contributed by atoms with Crippen LogP contribution in [0.2, 0.25) is 0 Å². The molecule has 0 spiro atoms. The van der Waals surface area contributed by atoms with Gasteiger partial charge in [0.1, 0.15) is 6.33 Å². The van der Waals surface area contributed by atoms with Crippen molar-refractivity contribution in [3.8, 4) is 0 Å². The predicted molar refractivity (Wildman–Crippen MR) is 72.0 cm³/mol. The number of hydrogen-bond acceptors (Lipinski definition) is 5. The molecule has 0 saturated carbocycles. The highest BCUT2D eigenvalue weighted by Crippen LogP contribution is 2.44. The number of nitrogens with two attached hydrogens (primary N) is 1. The lowest BCUT2D eigenvalue weighted by atomic mass is 9.90. The molecule has 0 aliphatic carbocycles. The fourth-order valence-electron chi connectivity index (χ4n) is 2.38. The van der Waals surface area contributed by atoms with Gasteiger partial charge in [-0.25, -0.2) is 9.97 Å². The third-order valence-corrected chi connectivity index (χ3v) is 4.47. The second-order valence-electron chi connectivity index (χ2n) is 4.27. The summed E-state index contributed by atoms with van der Waals surface area (Å²) >= 11 is 1.88. The molecular weight excluding hydrogens is 244 g/mol. The van der Waals surface area contributed by atoms with Gasteiger partial charge in [0.2, 0.25) is 0 Å². The molecule has 2 aromatic rings. The van der Waals surface area contributed by atoms with Gasteiger partial charge in [-0.15, -0.1) is 11.8 Å². The van der Waals surface area contributed by atoms with Gasteiger partial charge in [0.25, 0.3) is 0 Å². The molecule has 0 saturated heterocycles. The fourth-order valence-corrected chi connectivity index (χ4v) is 3.67. The average molecular weight is 258 g/mol. The Morgan fingerprint density at radius 1 is 1.28 bits per heavy atom. The second kappa shape index (κ2) is 5.06. The van der Waals surface area contributed by atoms with Crippen LogP contribution >= 0.6 is 11.8 Å². The zero-order valence-corrected chi connectivity index (χ0v) is 10.6. The van der Waals surface area contributed by atoms with E-state index in [1.54, 1.807) is 0 Å². The van der Waals surface area contributed by atoms with Crippen LogP contribution in [0, 0.1) is 0 Å². The summed E-state index contributed by atoms with van der Waals surface area (Å²) in [6, 6.07) is 8.54. The normalized spacial score (nSPS) is 19.5. The van der Waals surface area contributed by atoms with Crippen molar-refractivity contribution in [2.24, 2.45) is 5.84 Å². The highest BCUT2D eigenvalue weighted by Gasteiger charge is 2.30. The minimum Gasteiger partial charge on any atom is -0.271 e. The number of nitrogens with zero attached hydrogens (tertiary/aromatic N) is 2. The van der Waals surface area contributed by atoms with Crippen molar-refractivity contribution in [2.75, 3.05) is 5.75 Å². The topological polar surface area (TPSA) is 63.8 Å². The van der Waals surface area contributed by atoms with E-state index >= 15 is 0 Å². The van der Waals surface area contributed by atoms with E-state index in [1.165, 1.54) is 16.8 Å². The van der Waals surface area contributed by atoms with Crippen molar-refractivity contribution in [1.82, 2.24) is 15.4 Å². The van der Waals surface area contributed by atoms with Crippen LogP contribution < -0.4 is 11.3 Å². The van der Waals surface area contributed by atoms with Crippen LogP contribution in [0.5, 0.6) is 0 Å². The summed E-state index contributed by atoms with van der Waals surface area (Å²) < 4.78 is 0. The largest absolute Gasteiger partial charge is 0.271 e. The van der Waals surface area contributed by atoms with E-state index in [2.05, 4.69) is 39.7 Å². The number of hydrazine groups is 1. The summed E-state index contributed by atoms with van der Waals surface area (Å²) in [7, 11) is 0. The molecule has 5 heteroatoms. The summed E-state index contributed by atoms with van der Waals surface area (Å²) in [5.74, 6) is 7.12. The molecule has 2 heterocycles. The lowest BCUT2D eigenvalue weighted by molar-refractivity contribution is 0.482. The number of aromatic nitrogens is 2. The molecule has 1 aromatic carbocycles. The lowest BCUT2D eigenvalue weighted by Gasteiger charge is -2.22. The van der Waals surface area contributed by atoms with Crippen molar-refractivity contribution < 1.29 is 0 Å². The Bertz CT molecular complexity index is 532. The maximum atomic E-state index is 5.73. The highest BCUT2D eigenvalue weighted by atomic mass is 32.2. The smallest absolute Gasteiger partial charge is 0.115 e. The van der Waals surface area contributed by atoms with E-state index in [9.17, 15) is 0 Å². The van der Waals surface area contributed by atoms with Crippen molar-refractivity contribution in [3.05, 3.63) is 54.1 Å². The van der Waals surface area contributed by atoms with Gasteiger partial charge < -0.3 is 0 Å². The van der Waals surface area contributed by atoms with E-state index in [4.69, 9.17) is 5.84 Å². The summed E-state index contributed by atoms with van der Waals surface area (Å²) in [5.41, 5.74) is 5.29. The van der Waals surface area contributed by atoms with Gasteiger partial charge in [-0.3, -0.25) is 11.3 Å². The van der Waals surface area contributed by atoms with Crippen LogP contribution in [0.3, 0.4) is 0 Å². The summed E-state index contributed by atoms with van der Waals surface area (Å²) in [5, 5.41) is 0. The van der Waals surface area contributed by atoms with Crippen molar-refractivity contribution in [3.63, 3.8) is 0 Å². The van der Waals surface area contributed by atoms with Gasteiger partial charge in [-0.1, -0.05) is 18.2 Å². The van der Waals surface area contributed by atoms with Crippen LogP contribution in [0.1, 0.15) is 23.1 Å². The Labute approximate surface area is 110 Å². The third-order valence-electron chi connectivity index (χ3n) is 3.26. The monoisotopic (exact) mass is 258 g/mol. The summed E-state index contributed by atoms with van der Waals surface area (Å²) in [4.78, 5) is 9.48. The van der Waals surface area contributed by atoms with Gasteiger partial charge in [0, 0.05) is 34.5 Å². The summed E-state index contributed by atoms with van der Waals surface area (Å²) in [6.07, 6.45) is 5.18. The standard InChI is InChI=1S/C13H14N4S/c14-17-13(9-5-15-8-16-6-9)11-7-18-12-4-2-1-3-10(11)12/h1-6,8,11,13,17H,7,14H2. The number of benzene rings is 1. The Morgan fingerprint density at radius 2 is 2.06 bits per heavy atom. The maximum Gasteiger partial charge on any atom is 0.115 e. The van der Waals surface area contributed by atoms with Crippen LogP contribution in [0.15, 0.2) is 47.9 Å². The van der Waals surface area contributed by atoms with Gasteiger partial charge in [0.05, 0.1) is 6.04 Å². The van der Waals surface area contributed by atoms with Gasteiger partial charge in [-0.05, 0) is 11.6 Å². The molecule has 0 fully saturated rings. The van der Waals surface area contributed by atoms with Gasteiger partial charge in [0.15, 0.2) is 0 Å². The number of rotatable bonds is 3. The predicted octanol–water partition coefficient (Wildman–Crippen LogP) is 1.87. The SMILES string of the molecule is NNC(c1cncnc1)C1CSc2ccccc21. The number of fused-ring (bicyclic) bond motifs is 1. The Balaban J connectivity index is 1.95. The highest BCUT2D eigenvalue weighted by molar-refractivity contribution is 7.99. The molecule has 0 amide bonds. The van der Waals surface area contributed by atoms with Crippen molar-refractivity contribution in [2.45, 2.75) is 16.9 Å². The quantitative estimate of drug-likeness (QED) is 0.650. The lowest BCUT2D eigenvalue weighted by Crippen LogP contribution is -2.32. The number of nitrogens with one attached hydrogen (secondary N) is 1. The van der Waals surface area contributed by atoms with Crippen LogP contribution in [-0.4, -0.2) is 15.7 Å². The zero-order valence-electron chi connectivity index (χ0n) is 9.78. The van der Waals surface area contributed by atoms with Crippen LogP contribution in [0.4, 0.5) is 0 Å². The van der Waals surface area contributed by atoms with Crippen LogP contribution in [-0.2, 0) is 0 Å². The molecule has 18 heavy (non-hydrogen) atoms. The Hall–Kier alpha value is -1.43. The molecule has 2 atom stereocenters. The second-order valence-corrected chi connectivity index (χ2v) is 5.33. The van der Waals surface area contributed by atoms with Gasteiger partial charge in [-0.2, -0.15) is 0 Å². The first-order valence-corrected chi connectivity index (χ1v) is 6.81. The molecule has 1 aromatic heterocycles. The van der Waals surface area contributed by atoms with Gasteiger partial charge >= 0.3 is 0 Å². The molecule has 1 aliphatic heterocycles. The molecule has 92 valence electrons. The van der Waals surface area contributed by atoms with Crippen molar-refractivity contribution >= 4 is 11.8 Å². The fraction of sp³-hybridized carbons (Fsp3) is 0.231. The molecule has 1 aliphatic rings. The molecule has 0 radical (unpaired) electrons. The minimum absolute atomic E-state index is 0.0577. The molecule has 4 nitrogen and oxygen atoms in total. The third kappa shape index (κ3) is 2.01. The molecule has 3 N–H and O–H groups in total. The molecular formula is C13H14N4S. The summed E-state index contributed by atoms with van der Waals surface area (Å²) in [6.45, 7) is 0. The first-order valence-electron chi connectivity index (χ1n) is 5.83. The van der Waals surface area contributed by atoms with E-state index in [0.29, 0.717) is 5.92 Å². The Kier molecular flexibility index (Phi) is 3.27. The number of hydrogen-bond donors (Lipinski definition) is 2. The van der Waals surface area contributed by atoms with Crippen molar-refractivity contribution in [1.29, 1.82) is 0 Å². The Morgan fingerprint density at radius 3 is 2.83 bits per heavy atom.